The maximum absolute atomic E-state index is 12.0. The van der Waals surface area contributed by atoms with Gasteiger partial charge in [-0.3, -0.25) is 4.79 Å². The third-order valence-corrected chi connectivity index (χ3v) is 4.31. The van der Waals surface area contributed by atoms with Gasteiger partial charge in [-0.25, -0.2) is 4.99 Å². The number of hydrogen-bond donors (Lipinski definition) is 1. The Morgan fingerprint density at radius 2 is 1.78 bits per heavy atom. The van der Waals surface area contributed by atoms with E-state index < -0.39 is 0 Å². The summed E-state index contributed by atoms with van der Waals surface area (Å²) in [5.41, 5.74) is 1.72. The first-order chi connectivity index (χ1) is 11.2. The number of halogens is 1. The fourth-order valence-electron chi connectivity index (χ4n) is 1.96. The van der Waals surface area contributed by atoms with Crippen molar-refractivity contribution in [2.45, 2.75) is 0 Å². The van der Waals surface area contributed by atoms with Gasteiger partial charge in [-0.2, -0.15) is 0 Å². The van der Waals surface area contributed by atoms with Gasteiger partial charge in [-0.15, -0.1) is 0 Å². The highest BCUT2D eigenvalue weighted by molar-refractivity contribution is 8.18. The number of amidine groups is 1. The lowest BCUT2D eigenvalue weighted by Crippen LogP contribution is -2.19. The van der Waals surface area contributed by atoms with Crippen molar-refractivity contribution in [3.63, 3.8) is 0 Å². The number of carbonyl (C=O) groups excluding carboxylic acids is 1. The first-order valence-electron chi connectivity index (χ1n) is 6.98. The highest BCUT2D eigenvalue weighted by Crippen LogP contribution is 2.29. The minimum absolute atomic E-state index is 0.154. The Balaban J connectivity index is 1.74. The summed E-state index contributed by atoms with van der Waals surface area (Å²) in [6, 6.07) is 17.2. The zero-order chi connectivity index (χ0) is 16.1. The van der Waals surface area contributed by atoms with E-state index in [-0.39, 0.29) is 5.91 Å². The lowest BCUT2D eigenvalue weighted by Gasteiger charge is -1.98. The summed E-state index contributed by atoms with van der Waals surface area (Å²) >= 11 is 7.37. The van der Waals surface area contributed by atoms with Gasteiger partial charge in [0.2, 0.25) is 0 Å². The number of carbonyl (C=O) groups is 1. The molecule has 5 heteroatoms. The predicted octanol–water partition coefficient (Wildman–Crippen LogP) is 4.79. The Labute approximate surface area is 143 Å². The summed E-state index contributed by atoms with van der Waals surface area (Å²) in [4.78, 5) is 16.9. The molecule has 1 amide bonds. The Hall–Kier alpha value is -2.30. The van der Waals surface area contributed by atoms with Crippen LogP contribution >= 0.6 is 23.4 Å². The molecule has 3 nitrogen and oxygen atoms in total. The molecule has 1 aliphatic heterocycles. The van der Waals surface area contributed by atoms with Crippen LogP contribution in [-0.4, -0.2) is 11.1 Å². The molecule has 1 aliphatic rings. The minimum Gasteiger partial charge on any atom is -0.300 e. The fourth-order valence-corrected chi connectivity index (χ4v) is 2.92. The number of hydrogen-bond acceptors (Lipinski definition) is 3. The number of para-hydroxylation sites is 1. The maximum Gasteiger partial charge on any atom is 0.264 e. The lowest BCUT2D eigenvalue weighted by atomic mass is 10.2. The van der Waals surface area contributed by atoms with Crippen LogP contribution in [0.5, 0.6) is 0 Å². The molecular weight excluding hydrogens is 328 g/mol. The van der Waals surface area contributed by atoms with Gasteiger partial charge in [0.05, 0.1) is 15.6 Å². The highest BCUT2D eigenvalue weighted by Gasteiger charge is 2.23. The highest BCUT2D eigenvalue weighted by atomic mass is 35.5. The molecule has 1 N–H and O–H groups in total. The Morgan fingerprint density at radius 1 is 1.04 bits per heavy atom. The van der Waals surface area contributed by atoms with Crippen molar-refractivity contribution in [3.05, 3.63) is 82.2 Å². The first kappa shape index (κ1) is 15.6. The van der Waals surface area contributed by atoms with E-state index in [9.17, 15) is 4.79 Å². The number of amides is 1. The number of allylic oxidation sites excluding steroid dienone is 2. The van der Waals surface area contributed by atoms with Crippen molar-refractivity contribution in [3.8, 4) is 0 Å². The van der Waals surface area contributed by atoms with Crippen molar-refractivity contribution >= 4 is 46.2 Å². The number of benzene rings is 2. The quantitative estimate of drug-likeness (QED) is 0.816. The Bertz CT molecular complexity index is 813. The third-order valence-electron chi connectivity index (χ3n) is 3.06. The van der Waals surface area contributed by atoms with E-state index in [0.29, 0.717) is 20.8 Å². The van der Waals surface area contributed by atoms with E-state index in [1.165, 1.54) is 11.8 Å². The van der Waals surface area contributed by atoms with Crippen LogP contribution in [0, 0.1) is 0 Å². The van der Waals surface area contributed by atoms with E-state index in [2.05, 4.69) is 10.3 Å². The molecule has 0 aliphatic carbocycles. The van der Waals surface area contributed by atoms with E-state index in [0.717, 1.165) is 5.56 Å². The van der Waals surface area contributed by atoms with Crippen molar-refractivity contribution in [1.29, 1.82) is 0 Å². The average Bonchev–Trinajstić information content (AvgIpc) is 2.90. The summed E-state index contributed by atoms with van der Waals surface area (Å²) in [5, 5.41) is 3.82. The number of nitrogens with one attached hydrogen (secondary N) is 1. The van der Waals surface area contributed by atoms with Crippen LogP contribution in [0.15, 0.2) is 76.6 Å². The molecular formula is C18H13ClN2OS. The van der Waals surface area contributed by atoms with Gasteiger partial charge in [0, 0.05) is 0 Å². The normalized spacial score (nSPS) is 18.0. The molecule has 3 rings (SSSR count). The van der Waals surface area contributed by atoms with Crippen LogP contribution in [0.25, 0.3) is 6.08 Å². The summed E-state index contributed by atoms with van der Waals surface area (Å²) in [5.74, 6) is -0.154. The van der Waals surface area contributed by atoms with Gasteiger partial charge in [0.1, 0.15) is 0 Å². The molecule has 1 saturated heterocycles. The zero-order valence-corrected chi connectivity index (χ0v) is 13.6. The topological polar surface area (TPSA) is 41.5 Å². The Kier molecular flexibility index (Phi) is 4.95. The van der Waals surface area contributed by atoms with Crippen LogP contribution in [0.4, 0.5) is 5.69 Å². The molecule has 0 atom stereocenters. The number of nitrogens with zero attached hydrogens (tertiary/aromatic N) is 1. The molecule has 114 valence electrons. The van der Waals surface area contributed by atoms with Crippen molar-refractivity contribution in [2.75, 3.05) is 0 Å². The second-order valence-corrected chi connectivity index (χ2v) is 6.16. The van der Waals surface area contributed by atoms with Crippen LogP contribution in [0.3, 0.4) is 0 Å². The van der Waals surface area contributed by atoms with Gasteiger partial charge >= 0.3 is 0 Å². The van der Waals surface area contributed by atoms with Crippen LogP contribution in [0.2, 0.25) is 5.02 Å². The van der Waals surface area contributed by atoms with Gasteiger partial charge < -0.3 is 5.32 Å². The van der Waals surface area contributed by atoms with Crippen LogP contribution in [0.1, 0.15) is 5.56 Å². The van der Waals surface area contributed by atoms with E-state index in [4.69, 9.17) is 11.6 Å². The zero-order valence-electron chi connectivity index (χ0n) is 12.1. The summed E-state index contributed by atoms with van der Waals surface area (Å²) in [6.45, 7) is 0. The van der Waals surface area contributed by atoms with Crippen molar-refractivity contribution < 1.29 is 4.79 Å². The largest absolute Gasteiger partial charge is 0.300 e. The van der Waals surface area contributed by atoms with E-state index in [1.807, 2.05) is 54.6 Å². The maximum atomic E-state index is 12.0. The summed E-state index contributed by atoms with van der Waals surface area (Å²) < 4.78 is 0. The molecule has 0 radical (unpaired) electrons. The second kappa shape index (κ2) is 7.31. The van der Waals surface area contributed by atoms with E-state index in [1.54, 1.807) is 18.2 Å². The minimum atomic E-state index is -0.154. The van der Waals surface area contributed by atoms with Gasteiger partial charge in [0.25, 0.3) is 5.91 Å². The molecule has 2 aromatic rings. The number of rotatable bonds is 3. The molecule has 2 aromatic carbocycles. The summed E-state index contributed by atoms with van der Waals surface area (Å²) in [6.07, 6.45) is 5.59. The molecule has 23 heavy (non-hydrogen) atoms. The smallest absolute Gasteiger partial charge is 0.264 e. The number of thioether (sulfide) groups is 1. The SMILES string of the molecule is O=C1NC(=Nc2ccccc2Cl)S/C1=C/C=C\c1ccccc1. The van der Waals surface area contributed by atoms with Gasteiger partial charge in [0.15, 0.2) is 5.17 Å². The first-order valence-corrected chi connectivity index (χ1v) is 8.18. The molecule has 0 unspecified atom stereocenters. The van der Waals surface area contributed by atoms with Crippen LogP contribution in [-0.2, 0) is 4.79 Å². The molecule has 0 bridgehead atoms. The molecule has 0 spiro atoms. The molecule has 1 heterocycles. The molecule has 0 aromatic heterocycles. The second-order valence-electron chi connectivity index (χ2n) is 4.73. The van der Waals surface area contributed by atoms with Crippen LogP contribution < -0.4 is 5.32 Å². The lowest BCUT2D eigenvalue weighted by molar-refractivity contribution is -0.115. The summed E-state index contributed by atoms with van der Waals surface area (Å²) in [7, 11) is 0. The average molecular weight is 341 g/mol. The monoisotopic (exact) mass is 340 g/mol. The Morgan fingerprint density at radius 3 is 2.57 bits per heavy atom. The predicted molar refractivity (Wildman–Crippen MR) is 97.8 cm³/mol. The van der Waals surface area contributed by atoms with Crippen molar-refractivity contribution in [1.82, 2.24) is 5.32 Å². The van der Waals surface area contributed by atoms with Gasteiger partial charge in [-0.1, -0.05) is 66.2 Å². The molecule has 0 saturated carbocycles. The standard InChI is InChI=1S/C18H13ClN2OS/c19-14-10-4-5-11-15(14)20-18-21-17(22)16(23-18)12-6-9-13-7-2-1-3-8-13/h1-12H,(H,20,21,22)/b9-6-,16-12+. The fraction of sp³-hybridized carbons (Fsp3) is 0. The van der Waals surface area contributed by atoms with Gasteiger partial charge in [-0.05, 0) is 35.5 Å². The third kappa shape index (κ3) is 4.12. The van der Waals surface area contributed by atoms with Crippen molar-refractivity contribution in [2.24, 2.45) is 4.99 Å². The number of aliphatic imine (C=N–C) groups is 1. The van der Waals surface area contributed by atoms with E-state index >= 15 is 0 Å². The molecule has 1 fully saturated rings.